The SMILES string of the molecule is CCOc1cccc(Nc2nccc(C(=O)Nc3c(C)cccc3C)n2)c1. The van der Waals surface area contributed by atoms with Crippen molar-refractivity contribution >= 4 is 23.2 Å². The van der Waals surface area contributed by atoms with Gasteiger partial charge in [0.05, 0.1) is 6.61 Å². The van der Waals surface area contributed by atoms with Crippen molar-refractivity contribution in [1.82, 2.24) is 9.97 Å². The summed E-state index contributed by atoms with van der Waals surface area (Å²) in [4.78, 5) is 21.1. The summed E-state index contributed by atoms with van der Waals surface area (Å²) < 4.78 is 5.49. The van der Waals surface area contributed by atoms with Crippen molar-refractivity contribution in [2.75, 3.05) is 17.2 Å². The Morgan fingerprint density at radius 1 is 1.07 bits per heavy atom. The molecule has 0 fully saturated rings. The average molecular weight is 362 g/mol. The molecular formula is C21H22N4O2. The summed E-state index contributed by atoms with van der Waals surface area (Å²) in [6, 6.07) is 15.0. The number of anilines is 3. The molecule has 0 aliphatic rings. The zero-order valence-electron chi connectivity index (χ0n) is 15.6. The van der Waals surface area contributed by atoms with E-state index in [4.69, 9.17) is 4.74 Å². The lowest BCUT2D eigenvalue weighted by molar-refractivity contribution is 0.102. The predicted octanol–water partition coefficient (Wildman–Crippen LogP) is 4.49. The van der Waals surface area contributed by atoms with Crippen LogP contribution < -0.4 is 15.4 Å². The Bertz CT molecular complexity index is 936. The molecule has 0 aliphatic heterocycles. The molecular weight excluding hydrogens is 340 g/mol. The molecule has 27 heavy (non-hydrogen) atoms. The number of nitrogens with one attached hydrogen (secondary N) is 2. The van der Waals surface area contributed by atoms with E-state index in [0.29, 0.717) is 12.6 Å². The van der Waals surface area contributed by atoms with E-state index in [9.17, 15) is 4.79 Å². The minimum absolute atomic E-state index is 0.277. The first kappa shape index (κ1) is 18.4. The van der Waals surface area contributed by atoms with Crippen LogP contribution in [-0.4, -0.2) is 22.5 Å². The number of rotatable bonds is 6. The standard InChI is InChI=1S/C21H22N4O2/c1-4-27-17-10-6-9-16(13-17)23-21-22-12-11-18(24-21)20(26)25-19-14(2)7-5-8-15(19)3/h5-13H,4H2,1-3H3,(H,25,26)(H,22,23,24). The molecule has 3 aromatic rings. The number of carbonyl (C=O) groups excluding carboxylic acids is 1. The van der Waals surface area contributed by atoms with Crippen molar-refractivity contribution in [3.05, 3.63) is 71.5 Å². The molecule has 2 aromatic carbocycles. The number of nitrogens with zero attached hydrogens (tertiary/aromatic N) is 2. The normalized spacial score (nSPS) is 10.3. The van der Waals surface area contributed by atoms with Crippen LogP contribution in [0.4, 0.5) is 17.3 Å². The molecule has 1 aromatic heterocycles. The van der Waals surface area contributed by atoms with Crippen molar-refractivity contribution in [2.45, 2.75) is 20.8 Å². The molecule has 0 saturated carbocycles. The largest absolute Gasteiger partial charge is 0.494 e. The van der Waals surface area contributed by atoms with E-state index in [0.717, 1.165) is 28.3 Å². The summed E-state index contributed by atoms with van der Waals surface area (Å²) in [5.74, 6) is 0.824. The number of hydrogen-bond donors (Lipinski definition) is 2. The number of aromatic nitrogens is 2. The van der Waals surface area contributed by atoms with Crippen LogP contribution in [-0.2, 0) is 0 Å². The molecule has 0 bridgehead atoms. The highest BCUT2D eigenvalue weighted by Crippen LogP contribution is 2.21. The van der Waals surface area contributed by atoms with Gasteiger partial charge in [-0.15, -0.1) is 0 Å². The monoisotopic (exact) mass is 362 g/mol. The van der Waals surface area contributed by atoms with Gasteiger partial charge in [-0.05, 0) is 50.1 Å². The maximum absolute atomic E-state index is 12.6. The maximum Gasteiger partial charge on any atom is 0.274 e. The Labute approximate surface area is 158 Å². The zero-order valence-corrected chi connectivity index (χ0v) is 15.6. The van der Waals surface area contributed by atoms with Crippen LogP contribution in [0.5, 0.6) is 5.75 Å². The highest BCUT2D eigenvalue weighted by molar-refractivity contribution is 6.03. The van der Waals surface area contributed by atoms with Gasteiger partial charge >= 0.3 is 0 Å². The van der Waals surface area contributed by atoms with Crippen LogP contribution in [0.3, 0.4) is 0 Å². The molecule has 6 heteroatoms. The van der Waals surface area contributed by atoms with Gasteiger partial charge in [0, 0.05) is 23.6 Å². The Hall–Kier alpha value is -3.41. The number of amides is 1. The van der Waals surface area contributed by atoms with Crippen LogP contribution in [0, 0.1) is 13.8 Å². The van der Waals surface area contributed by atoms with Crippen molar-refractivity contribution in [3.63, 3.8) is 0 Å². The Morgan fingerprint density at radius 2 is 1.81 bits per heavy atom. The molecule has 0 unspecified atom stereocenters. The van der Waals surface area contributed by atoms with Crippen molar-refractivity contribution in [3.8, 4) is 5.75 Å². The minimum Gasteiger partial charge on any atom is -0.494 e. The second kappa shape index (κ2) is 8.31. The summed E-state index contributed by atoms with van der Waals surface area (Å²) in [6.07, 6.45) is 1.56. The van der Waals surface area contributed by atoms with E-state index < -0.39 is 0 Å². The van der Waals surface area contributed by atoms with Gasteiger partial charge in [-0.1, -0.05) is 24.3 Å². The summed E-state index contributed by atoms with van der Waals surface area (Å²) in [5, 5.41) is 6.04. The highest BCUT2D eigenvalue weighted by atomic mass is 16.5. The molecule has 0 saturated heterocycles. The summed E-state index contributed by atoms with van der Waals surface area (Å²) >= 11 is 0. The highest BCUT2D eigenvalue weighted by Gasteiger charge is 2.12. The number of para-hydroxylation sites is 1. The van der Waals surface area contributed by atoms with Gasteiger partial charge in [-0.3, -0.25) is 4.79 Å². The smallest absolute Gasteiger partial charge is 0.274 e. The van der Waals surface area contributed by atoms with E-state index in [2.05, 4.69) is 20.6 Å². The van der Waals surface area contributed by atoms with Gasteiger partial charge in [0.25, 0.3) is 5.91 Å². The lowest BCUT2D eigenvalue weighted by atomic mass is 10.1. The van der Waals surface area contributed by atoms with Gasteiger partial charge in [-0.25, -0.2) is 9.97 Å². The van der Waals surface area contributed by atoms with Gasteiger partial charge in [0.1, 0.15) is 11.4 Å². The summed E-state index contributed by atoms with van der Waals surface area (Å²) in [7, 11) is 0. The Balaban J connectivity index is 1.77. The fourth-order valence-electron chi connectivity index (χ4n) is 2.69. The minimum atomic E-state index is -0.277. The number of carbonyl (C=O) groups is 1. The third-order valence-corrected chi connectivity index (χ3v) is 4.01. The predicted molar refractivity (Wildman–Crippen MR) is 107 cm³/mol. The first-order valence-corrected chi connectivity index (χ1v) is 8.77. The average Bonchev–Trinajstić information content (AvgIpc) is 2.65. The maximum atomic E-state index is 12.6. The molecule has 3 rings (SSSR count). The van der Waals surface area contributed by atoms with Crippen LogP contribution in [0.25, 0.3) is 0 Å². The number of ether oxygens (including phenoxy) is 1. The number of benzene rings is 2. The quantitative estimate of drug-likeness (QED) is 0.676. The fourth-order valence-corrected chi connectivity index (χ4v) is 2.69. The van der Waals surface area contributed by atoms with Crippen molar-refractivity contribution in [1.29, 1.82) is 0 Å². The molecule has 2 N–H and O–H groups in total. The van der Waals surface area contributed by atoms with Crippen molar-refractivity contribution in [2.24, 2.45) is 0 Å². The second-order valence-corrected chi connectivity index (χ2v) is 6.07. The van der Waals surface area contributed by atoms with E-state index in [1.165, 1.54) is 0 Å². The van der Waals surface area contributed by atoms with Crippen LogP contribution in [0.1, 0.15) is 28.5 Å². The molecule has 1 amide bonds. The Kier molecular flexibility index (Phi) is 5.66. The van der Waals surface area contributed by atoms with Gasteiger partial charge < -0.3 is 15.4 Å². The molecule has 0 radical (unpaired) electrons. The van der Waals surface area contributed by atoms with Crippen LogP contribution >= 0.6 is 0 Å². The lowest BCUT2D eigenvalue weighted by Gasteiger charge is -2.12. The fraction of sp³-hybridized carbons (Fsp3) is 0.190. The summed E-state index contributed by atoms with van der Waals surface area (Å²) in [6.45, 7) is 6.44. The van der Waals surface area contributed by atoms with E-state index in [1.54, 1.807) is 12.3 Å². The third-order valence-electron chi connectivity index (χ3n) is 4.01. The molecule has 0 spiro atoms. The van der Waals surface area contributed by atoms with Gasteiger partial charge in [-0.2, -0.15) is 0 Å². The van der Waals surface area contributed by atoms with Gasteiger partial charge in [0.2, 0.25) is 5.95 Å². The van der Waals surface area contributed by atoms with E-state index in [1.807, 2.05) is 63.2 Å². The molecule has 0 atom stereocenters. The molecule has 138 valence electrons. The van der Waals surface area contributed by atoms with Gasteiger partial charge in [0.15, 0.2) is 0 Å². The first-order valence-electron chi connectivity index (χ1n) is 8.77. The molecule has 6 nitrogen and oxygen atoms in total. The Morgan fingerprint density at radius 3 is 2.56 bits per heavy atom. The van der Waals surface area contributed by atoms with E-state index in [-0.39, 0.29) is 11.6 Å². The zero-order chi connectivity index (χ0) is 19.2. The lowest BCUT2D eigenvalue weighted by Crippen LogP contribution is -2.16. The topological polar surface area (TPSA) is 76.1 Å². The second-order valence-electron chi connectivity index (χ2n) is 6.07. The first-order chi connectivity index (χ1) is 13.1. The molecule has 1 heterocycles. The third kappa shape index (κ3) is 4.61. The molecule has 0 aliphatic carbocycles. The number of hydrogen-bond acceptors (Lipinski definition) is 5. The van der Waals surface area contributed by atoms with Crippen LogP contribution in [0.2, 0.25) is 0 Å². The summed E-state index contributed by atoms with van der Waals surface area (Å²) in [5.41, 5.74) is 3.89. The van der Waals surface area contributed by atoms with E-state index >= 15 is 0 Å². The van der Waals surface area contributed by atoms with Crippen LogP contribution in [0.15, 0.2) is 54.7 Å². The van der Waals surface area contributed by atoms with Crippen molar-refractivity contribution < 1.29 is 9.53 Å². The number of aryl methyl sites for hydroxylation is 2.